The van der Waals surface area contributed by atoms with Crippen LogP contribution in [0, 0.1) is 0 Å². The first-order chi connectivity index (χ1) is 8.47. The molecule has 18 heavy (non-hydrogen) atoms. The average Bonchev–Trinajstić information content (AvgIpc) is 2.34. The van der Waals surface area contributed by atoms with Gasteiger partial charge in [0.2, 0.25) is 5.91 Å². The van der Waals surface area contributed by atoms with Crippen LogP contribution in [0.25, 0.3) is 0 Å². The van der Waals surface area contributed by atoms with Gasteiger partial charge < -0.3 is 20.5 Å². The van der Waals surface area contributed by atoms with E-state index in [-0.39, 0.29) is 23.6 Å². The lowest BCUT2D eigenvalue weighted by atomic mass is 10.1. The summed E-state index contributed by atoms with van der Waals surface area (Å²) < 4.78 is 4.82. The van der Waals surface area contributed by atoms with Gasteiger partial charge in [-0.1, -0.05) is 0 Å². The number of aromatic carboxylic acids is 1. The fraction of sp³-hybridized carbons (Fsp3) is 0.333. The number of hydrogen-bond donors (Lipinski definition) is 2. The molecule has 0 unspecified atom stereocenters. The molecule has 0 radical (unpaired) electrons. The van der Waals surface area contributed by atoms with Gasteiger partial charge in [0.25, 0.3) is 0 Å². The van der Waals surface area contributed by atoms with Crippen molar-refractivity contribution in [1.29, 1.82) is 0 Å². The van der Waals surface area contributed by atoms with Crippen molar-refractivity contribution in [2.75, 3.05) is 31.4 Å². The SMILES string of the molecule is COCCC(=O)N(C)c1ccc(C(=O)O)cc1N. The lowest BCUT2D eigenvalue weighted by Crippen LogP contribution is -2.27. The second kappa shape index (κ2) is 6.02. The molecule has 0 aliphatic carbocycles. The van der Waals surface area contributed by atoms with Gasteiger partial charge in [-0.3, -0.25) is 4.79 Å². The normalized spacial score (nSPS) is 10.1. The molecule has 3 N–H and O–H groups in total. The van der Waals surface area contributed by atoms with Gasteiger partial charge in [-0.15, -0.1) is 0 Å². The highest BCUT2D eigenvalue weighted by molar-refractivity contribution is 5.97. The highest BCUT2D eigenvalue weighted by atomic mass is 16.5. The lowest BCUT2D eigenvalue weighted by molar-refractivity contribution is -0.119. The van der Waals surface area contributed by atoms with E-state index in [0.717, 1.165) is 0 Å². The molecule has 6 nitrogen and oxygen atoms in total. The Morgan fingerprint density at radius 2 is 2.11 bits per heavy atom. The Morgan fingerprint density at radius 1 is 1.44 bits per heavy atom. The van der Waals surface area contributed by atoms with Crippen molar-refractivity contribution in [3.63, 3.8) is 0 Å². The predicted octanol–water partition coefficient (Wildman–Crippen LogP) is 0.966. The highest BCUT2D eigenvalue weighted by Crippen LogP contribution is 2.24. The third-order valence-electron chi connectivity index (χ3n) is 2.53. The minimum Gasteiger partial charge on any atom is -0.478 e. The molecule has 1 amide bonds. The second-order valence-corrected chi connectivity index (χ2v) is 3.77. The number of carboxylic acid groups (broad SMARTS) is 1. The minimum atomic E-state index is -1.05. The predicted molar refractivity (Wildman–Crippen MR) is 67.7 cm³/mol. The number of nitrogens with zero attached hydrogens (tertiary/aromatic N) is 1. The summed E-state index contributed by atoms with van der Waals surface area (Å²) >= 11 is 0. The first kappa shape index (κ1) is 14.0. The van der Waals surface area contributed by atoms with Crippen molar-refractivity contribution in [3.8, 4) is 0 Å². The van der Waals surface area contributed by atoms with Crippen LogP contribution in [0.3, 0.4) is 0 Å². The van der Waals surface area contributed by atoms with Gasteiger partial charge in [-0.25, -0.2) is 4.79 Å². The average molecular weight is 252 g/mol. The molecule has 0 heterocycles. The van der Waals surface area contributed by atoms with Crippen molar-refractivity contribution >= 4 is 23.3 Å². The van der Waals surface area contributed by atoms with Gasteiger partial charge >= 0.3 is 5.97 Å². The first-order valence-corrected chi connectivity index (χ1v) is 5.35. The fourth-order valence-electron chi connectivity index (χ4n) is 1.48. The number of ether oxygens (including phenoxy) is 1. The van der Waals surface area contributed by atoms with E-state index in [4.69, 9.17) is 15.6 Å². The molecular formula is C12H16N2O4. The number of benzene rings is 1. The Morgan fingerprint density at radius 3 is 2.61 bits per heavy atom. The molecular weight excluding hydrogens is 236 g/mol. The summed E-state index contributed by atoms with van der Waals surface area (Å²) in [5.74, 6) is -1.20. The van der Waals surface area contributed by atoms with Crippen LogP contribution in [0.15, 0.2) is 18.2 Å². The number of amides is 1. The molecule has 98 valence electrons. The Hall–Kier alpha value is -2.08. The van der Waals surface area contributed by atoms with Gasteiger partial charge in [0.05, 0.1) is 30.0 Å². The number of rotatable bonds is 5. The van der Waals surface area contributed by atoms with Gasteiger partial charge in [-0.2, -0.15) is 0 Å². The number of carbonyl (C=O) groups is 2. The van der Waals surface area contributed by atoms with E-state index in [0.29, 0.717) is 12.3 Å². The van der Waals surface area contributed by atoms with E-state index >= 15 is 0 Å². The van der Waals surface area contributed by atoms with Crippen LogP contribution in [0.5, 0.6) is 0 Å². The molecule has 0 atom stereocenters. The number of nitrogen functional groups attached to an aromatic ring is 1. The van der Waals surface area contributed by atoms with E-state index in [1.54, 1.807) is 7.05 Å². The molecule has 0 fully saturated rings. The van der Waals surface area contributed by atoms with Crippen molar-refractivity contribution in [2.24, 2.45) is 0 Å². The molecule has 0 bridgehead atoms. The molecule has 0 aromatic heterocycles. The van der Waals surface area contributed by atoms with Crippen molar-refractivity contribution in [2.45, 2.75) is 6.42 Å². The van der Waals surface area contributed by atoms with Crippen LogP contribution in [-0.4, -0.2) is 37.7 Å². The summed E-state index contributed by atoms with van der Waals surface area (Å²) in [7, 11) is 3.10. The van der Waals surface area contributed by atoms with Gasteiger partial charge in [0.15, 0.2) is 0 Å². The van der Waals surface area contributed by atoms with E-state index in [2.05, 4.69) is 0 Å². The third kappa shape index (κ3) is 3.21. The molecule has 1 aromatic carbocycles. The summed E-state index contributed by atoms with van der Waals surface area (Å²) in [4.78, 5) is 23.9. The summed E-state index contributed by atoms with van der Waals surface area (Å²) in [6, 6.07) is 4.26. The number of methoxy groups -OCH3 is 1. The number of hydrogen-bond acceptors (Lipinski definition) is 4. The Labute approximate surface area is 105 Å². The monoisotopic (exact) mass is 252 g/mol. The van der Waals surface area contributed by atoms with Crippen LogP contribution >= 0.6 is 0 Å². The van der Waals surface area contributed by atoms with Gasteiger partial charge in [-0.05, 0) is 18.2 Å². The standard InChI is InChI=1S/C12H16N2O4/c1-14(11(15)5-6-18-2)10-4-3-8(12(16)17)7-9(10)13/h3-4,7H,5-6,13H2,1-2H3,(H,16,17). The number of anilines is 2. The lowest BCUT2D eigenvalue weighted by Gasteiger charge is -2.19. The summed E-state index contributed by atoms with van der Waals surface area (Å²) in [6.45, 7) is 0.330. The molecule has 0 saturated carbocycles. The minimum absolute atomic E-state index is 0.0917. The van der Waals surface area contributed by atoms with Crippen LogP contribution < -0.4 is 10.6 Å². The molecule has 0 aliphatic rings. The van der Waals surface area contributed by atoms with Crippen molar-refractivity contribution in [1.82, 2.24) is 0 Å². The van der Waals surface area contributed by atoms with E-state index < -0.39 is 5.97 Å². The van der Waals surface area contributed by atoms with Crippen molar-refractivity contribution in [3.05, 3.63) is 23.8 Å². The zero-order valence-electron chi connectivity index (χ0n) is 10.3. The van der Waals surface area contributed by atoms with Crippen molar-refractivity contribution < 1.29 is 19.4 Å². The first-order valence-electron chi connectivity index (χ1n) is 5.35. The molecule has 6 heteroatoms. The van der Waals surface area contributed by atoms with Crippen LogP contribution in [0.2, 0.25) is 0 Å². The largest absolute Gasteiger partial charge is 0.478 e. The molecule has 1 aromatic rings. The smallest absolute Gasteiger partial charge is 0.335 e. The van der Waals surface area contributed by atoms with Crippen LogP contribution in [0.4, 0.5) is 11.4 Å². The quantitative estimate of drug-likeness (QED) is 0.761. The second-order valence-electron chi connectivity index (χ2n) is 3.77. The van der Waals surface area contributed by atoms with Crippen LogP contribution in [0.1, 0.15) is 16.8 Å². The number of nitrogens with two attached hydrogens (primary N) is 1. The van der Waals surface area contributed by atoms with E-state index in [1.165, 1.54) is 30.2 Å². The number of carbonyl (C=O) groups excluding carboxylic acids is 1. The van der Waals surface area contributed by atoms with Gasteiger partial charge in [0.1, 0.15) is 0 Å². The zero-order chi connectivity index (χ0) is 13.7. The number of carboxylic acids is 1. The maximum absolute atomic E-state index is 11.7. The molecule has 0 spiro atoms. The fourth-order valence-corrected chi connectivity index (χ4v) is 1.48. The Balaban J connectivity index is 2.89. The summed E-state index contributed by atoms with van der Waals surface area (Å²) in [5, 5.41) is 8.81. The van der Waals surface area contributed by atoms with E-state index in [1.807, 2.05) is 0 Å². The Bertz CT molecular complexity index is 459. The molecule has 0 saturated heterocycles. The maximum Gasteiger partial charge on any atom is 0.335 e. The van der Waals surface area contributed by atoms with Crippen LogP contribution in [-0.2, 0) is 9.53 Å². The maximum atomic E-state index is 11.7. The summed E-state index contributed by atoms with van der Waals surface area (Å²) in [5.41, 5.74) is 6.57. The highest BCUT2D eigenvalue weighted by Gasteiger charge is 2.14. The van der Waals surface area contributed by atoms with E-state index in [9.17, 15) is 9.59 Å². The molecule has 0 aliphatic heterocycles. The topological polar surface area (TPSA) is 92.9 Å². The van der Waals surface area contributed by atoms with Gasteiger partial charge in [0, 0.05) is 14.2 Å². The Kier molecular flexibility index (Phi) is 4.67. The molecule has 1 rings (SSSR count). The third-order valence-corrected chi connectivity index (χ3v) is 2.53. The summed E-state index contributed by atoms with van der Waals surface area (Å²) in [6.07, 6.45) is 0.243. The zero-order valence-corrected chi connectivity index (χ0v) is 10.3.